The van der Waals surface area contributed by atoms with Crippen LogP contribution >= 0.6 is 11.3 Å². The van der Waals surface area contributed by atoms with Crippen LogP contribution in [0.1, 0.15) is 16.8 Å². The van der Waals surface area contributed by atoms with E-state index in [0.717, 1.165) is 72.4 Å². The summed E-state index contributed by atoms with van der Waals surface area (Å²) in [6, 6.07) is 27.1. The Labute approximate surface area is 271 Å². The van der Waals surface area contributed by atoms with Gasteiger partial charge in [0.05, 0.1) is 11.4 Å². The van der Waals surface area contributed by atoms with E-state index in [1.165, 1.54) is 5.69 Å². The Morgan fingerprint density at radius 3 is 2.52 bits per heavy atom. The largest absolute Gasteiger partial charge is 0.396 e. The quantitative estimate of drug-likeness (QED) is 0.169. The SMILES string of the molecule is O=C(Nc1cccc(-c2nc3sccn3c2-c2ccnc(Nc3ccc(N4CCN(CCCO)CC4)cc3)n2)c1)c1ccccc1. The third kappa shape index (κ3) is 6.47. The second-order valence-electron chi connectivity index (χ2n) is 11.1. The minimum atomic E-state index is -0.167. The predicted molar refractivity (Wildman–Crippen MR) is 184 cm³/mol. The number of imidazole rings is 1. The molecule has 0 unspecified atom stereocenters. The first-order chi connectivity index (χ1) is 22.6. The molecule has 0 saturated carbocycles. The number of hydrogen-bond acceptors (Lipinski definition) is 9. The molecular weight excluding hydrogens is 597 g/mol. The average Bonchev–Trinajstić information content (AvgIpc) is 3.71. The van der Waals surface area contributed by atoms with Gasteiger partial charge >= 0.3 is 0 Å². The van der Waals surface area contributed by atoms with Gasteiger partial charge < -0.3 is 20.6 Å². The van der Waals surface area contributed by atoms with E-state index < -0.39 is 0 Å². The minimum absolute atomic E-state index is 0.167. The van der Waals surface area contributed by atoms with Crippen molar-refractivity contribution in [2.45, 2.75) is 6.42 Å². The molecule has 1 fully saturated rings. The highest BCUT2D eigenvalue weighted by Crippen LogP contribution is 2.35. The van der Waals surface area contributed by atoms with Gasteiger partial charge in [0.25, 0.3) is 5.91 Å². The monoisotopic (exact) mass is 630 g/mol. The van der Waals surface area contributed by atoms with Crippen molar-refractivity contribution in [2.75, 3.05) is 54.9 Å². The van der Waals surface area contributed by atoms with Gasteiger partial charge in [0.1, 0.15) is 5.69 Å². The van der Waals surface area contributed by atoms with E-state index in [9.17, 15) is 4.79 Å². The number of fused-ring (bicyclic) bond motifs is 1. The van der Waals surface area contributed by atoms with Gasteiger partial charge in [0.15, 0.2) is 4.96 Å². The maximum Gasteiger partial charge on any atom is 0.255 e. The Kier molecular flexibility index (Phi) is 8.68. The van der Waals surface area contributed by atoms with Crippen LogP contribution in [0.15, 0.2) is 103 Å². The molecule has 0 atom stereocenters. The Morgan fingerprint density at radius 1 is 0.891 bits per heavy atom. The van der Waals surface area contributed by atoms with E-state index >= 15 is 0 Å². The molecule has 1 aliphatic heterocycles. The number of anilines is 4. The molecule has 0 radical (unpaired) electrons. The van der Waals surface area contributed by atoms with Crippen molar-refractivity contribution >= 4 is 45.2 Å². The van der Waals surface area contributed by atoms with Crippen molar-refractivity contribution in [1.29, 1.82) is 0 Å². The van der Waals surface area contributed by atoms with Gasteiger partial charge in [-0.25, -0.2) is 15.0 Å². The summed E-state index contributed by atoms with van der Waals surface area (Å²) >= 11 is 1.55. The fourth-order valence-corrected chi connectivity index (χ4v) is 6.44. The molecule has 3 N–H and O–H groups in total. The molecule has 0 bridgehead atoms. The second kappa shape index (κ2) is 13.5. The van der Waals surface area contributed by atoms with Gasteiger partial charge in [-0.1, -0.05) is 30.3 Å². The number of hydrogen-bond donors (Lipinski definition) is 3. The molecule has 3 aromatic heterocycles. The van der Waals surface area contributed by atoms with Crippen molar-refractivity contribution in [3.63, 3.8) is 0 Å². The highest BCUT2D eigenvalue weighted by Gasteiger charge is 2.20. The van der Waals surface area contributed by atoms with Crippen LogP contribution in [-0.2, 0) is 0 Å². The number of aliphatic hydroxyl groups excluding tert-OH is 1. The van der Waals surface area contributed by atoms with Crippen LogP contribution in [0, 0.1) is 0 Å². The summed E-state index contributed by atoms with van der Waals surface area (Å²) in [5.74, 6) is 0.322. The lowest BCUT2D eigenvalue weighted by Gasteiger charge is -2.36. The van der Waals surface area contributed by atoms with Crippen LogP contribution in [-0.4, -0.2) is 74.6 Å². The van der Waals surface area contributed by atoms with E-state index in [-0.39, 0.29) is 12.5 Å². The van der Waals surface area contributed by atoms with Crippen molar-refractivity contribution < 1.29 is 9.90 Å². The normalized spacial score (nSPS) is 13.6. The molecule has 10 nitrogen and oxygen atoms in total. The molecule has 46 heavy (non-hydrogen) atoms. The number of carbonyl (C=O) groups is 1. The van der Waals surface area contributed by atoms with Gasteiger partial charge in [-0.15, -0.1) is 11.3 Å². The number of nitrogens with zero attached hydrogens (tertiary/aromatic N) is 6. The Balaban J connectivity index is 1.10. The lowest BCUT2D eigenvalue weighted by atomic mass is 10.1. The third-order valence-corrected chi connectivity index (χ3v) is 8.84. The first kappa shape index (κ1) is 29.6. The number of aromatic nitrogens is 4. The lowest BCUT2D eigenvalue weighted by Crippen LogP contribution is -2.46. The van der Waals surface area contributed by atoms with Gasteiger partial charge in [-0.05, 0) is 61.0 Å². The number of amides is 1. The number of benzene rings is 3. The summed E-state index contributed by atoms with van der Waals surface area (Å²) < 4.78 is 2.04. The first-order valence-electron chi connectivity index (χ1n) is 15.4. The maximum atomic E-state index is 12.8. The van der Waals surface area contributed by atoms with Gasteiger partial charge in [-0.3, -0.25) is 14.1 Å². The second-order valence-corrected chi connectivity index (χ2v) is 12.0. The number of piperazine rings is 1. The number of aliphatic hydroxyl groups is 1. The van der Waals surface area contributed by atoms with E-state index in [0.29, 0.717) is 17.2 Å². The van der Waals surface area contributed by atoms with Crippen molar-refractivity contribution in [1.82, 2.24) is 24.3 Å². The Bertz CT molecular complexity index is 1930. The van der Waals surface area contributed by atoms with Crippen molar-refractivity contribution in [2.24, 2.45) is 0 Å². The number of nitrogens with one attached hydrogen (secondary N) is 2. The van der Waals surface area contributed by atoms with Crippen molar-refractivity contribution in [3.05, 3.63) is 108 Å². The third-order valence-electron chi connectivity index (χ3n) is 8.08. The van der Waals surface area contributed by atoms with Crippen LogP contribution in [0.25, 0.3) is 27.6 Å². The van der Waals surface area contributed by atoms with E-state index in [1.54, 1.807) is 29.7 Å². The van der Waals surface area contributed by atoms with Crippen LogP contribution in [0.4, 0.5) is 23.0 Å². The maximum absolute atomic E-state index is 12.8. The predicted octanol–water partition coefficient (Wildman–Crippen LogP) is 6.02. The zero-order chi connectivity index (χ0) is 31.3. The molecule has 1 aliphatic rings. The molecule has 1 amide bonds. The molecule has 0 spiro atoms. The summed E-state index contributed by atoms with van der Waals surface area (Å²) in [6.07, 6.45) is 4.57. The van der Waals surface area contributed by atoms with Crippen LogP contribution in [0.5, 0.6) is 0 Å². The standard InChI is InChI=1S/C35H34N8O2S/c44-22-5-16-41-17-19-42(20-18-41)29-12-10-27(11-13-29)38-34-36-15-14-30(39-34)32-31(40-35-43(32)21-23-46-35)26-8-4-9-28(24-26)37-33(45)25-6-2-1-3-7-25/h1-4,6-15,21,23-24,44H,5,16-20,22H2,(H,37,45)(H,36,38,39). The highest BCUT2D eigenvalue weighted by molar-refractivity contribution is 7.15. The topological polar surface area (TPSA) is 111 Å². The molecule has 11 heteroatoms. The molecule has 6 aromatic rings. The molecule has 1 saturated heterocycles. The highest BCUT2D eigenvalue weighted by atomic mass is 32.1. The molecular formula is C35H34N8O2S. The van der Waals surface area contributed by atoms with Crippen molar-refractivity contribution in [3.8, 4) is 22.6 Å². The molecule has 3 aromatic carbocycles. The fourth-order valence-electron chi connectivity index (χ4n) is 5.73. The minimum Gasteiger partial charge on any atom is -0.396 e. The molecule has 4 heterocycles. The van der Waals surface area contributed by atoms with E-state index in [1.807, 2.05) is 64.5 Å². The van der Waals surface area contributed by atoms with Gasteiger partial charge in [0, 0.05) is 85.3 Å². The molecule has 7 rings (SSSR count). The summed E-state index contributed by atoms with van der Waals surface area (Å²) in [6.45, 7) is 5.13. The molecule has 232 valence electrons. The number of thiazole rings is 1. The zero-order valence-corrected chi connectivity index (χ0v) is 26.0. The summed E-state index contributed by atoms with van der Waals surface area (Å²) in [4.78, 5) is 32.8. The summed E-state index contributed by atoms with van der Waals surface area (Å²) in [7, 11) is 0. The van der Waals surface area contributed by atoms with Crippen LogP contribution < -0.4 is 15.5 Å². The molecule has 0 aliphatic carbocycles. The van der Waals surface area contributed by atoms with Gasteiger partial charge in [0.2, 0.25) is 5.95 Å². The zero-order valence-electron chi connectivity index (χ0n) is 25.2. The van der Waals surface area contributed by atoms with Crippen LogP contribution in [0.3, 0.4) is 0 Å². The Hall–Kier alpha value is -5.10. The first-order valence-corrected chi connectivity index (χ1v) is 16.2. The average molecular weight is 631 g/mol. The summed E-state index contributed by atoms with van der Waals surface area (Å²) in [5.41, 5.74) is 6.59. The summed E-state index contributed by atoms with van der Waals surface area (Å²) in [5, 5.41) is 17.5. The fraction of sp³-hybridized carbons (Fsp3) is 0.200. The van der Waals surface area contributed by atoms with E-state index in [2.05, 4.69) is 49.7 Å². The van der Waals surface area contributed by atoms with E-state index in [4.69, 9.17) is 15.1 Å². The number of carbonyl (C=O) groups excluding carboxylic acids is 1. The lowest BCUT2D eigenvalue weighted by molar-refractivity contribution is 0.102. The van der Waals surface area contributed by atoms with Gasteiger partial charge in [-0.2, -0.15) is 0 Å². The van der Waals surface area contributed by atoms with Crippen LogP contribution in [0.2, 0.25) is 0 Å². The Morgan fingerprint density at radius 2 is 1.72 bits per heavy atom. The number of rotatable bonds is 10. The smallest absolute Gasteiger partial charge is 0.255 e.